The molecule has 5 heteroatoms. The van der Waals surface area contributed by atoms with Gasteiger partial charge in [-0.15, -0.1) is 6.58 Å². The minimum absolute atomic E-state index is 0.0158. The number of hydrogen-bond acceptors (Lipinski definition) is 3. The van der Waals surface area contributed by atoms with Gasteiger partial charge in [0.1, 0.15) is 0 Å². The van der Waals surface area contributed by atoms with Crippen molar-refractivity contribution < 1.29 is 14.7 Å². The Morgan fingerprint density at radius 1 is 1.53 bits per heavy atom. The second-order valence-corrected chi connectivity index (χ2v) is 5.63. The highest BCUT2D eigenvalue weighted by atomic mass is 16.4. The first-order chi connectivity index (χ1) is 8.89. The van der Waals surface area contributed by atoms with Crippen LogP contribution in [0.4, 0.5) is 0 Å². The predicted octanol–water partition coefficient (Wildman–Crippen LogP) is 1.11. The van der Waals surface area contributed by atoms with E-state index in [1.54, 1.807) is 24.8 Å². The van der Waals surface area contributed by atoms with Crippen molar-refractivity contribution in [3.8, 4) is 0 Å². The summed E-state index contributed by atoms with van der Waals surface area (Å²) >= 11 is 0. The first-order valence-corrected chi connectivity index (χ1v) is 6.72. The fourth-order valence-corrected chi connectivity index (χ4v) is 2.36. The van der Waals surface area contributed by atoms with Crippen LogP contribution in [0.15, 0.2) is 12.7 Å². The Bertz CT molecular complexity index is 353. The number of nitrogens with zero attached hydrogens (tertiary/aromatic N) is 1. The van der Waals surface area contributed by atoms with E-state index in [1.165, 1.54) is 0 Å². The molecule has 1 rings (SSSR count). The van der Waals surface area contributed by atoms with E-state index in [1.807, 2.05) is 0 Å². The van der Waals surface area contributed by atoms with E-state index in [4.69, 9.17) is 0 Å². The molecular weight excluding hydrogens is 244 g/mol. The highest BCUT2D eigenvalue weighted by molar-refractivity contribution is 5.79. The third-order valence-electron chi connectivity index (χ3n) is 3.91. The zero-order valence-electron chi connectivity index (χ0n) is 11.8. The summed E-state index contributed by atoms with van der Waals surface area (Å²) < 4.78 is 0. The second kappa shape index (κ2) is 6.70. The molecule has 2 N–H and O–H groups in total. The number of nitrogens with one attached hydrogen (secondary N) is 1. The van der Waals surface area contributed by atoms with Crippen molar-refractivity contribution >= 4 is 11.9 Å². The molecule has 1 aliphatic heterocycles. The van der Waals surface area contributed by atoms with Gasteiger partial charge in [-0.1, -0.05) is 6.08 Å². The number of likely N-dealkylation sites (tertiary alicyclic amines) is 1. The SMILES string of the molecule is C=CCNCC(=O)N1CCCC(C(C)(C)C(=O)O)C1. The van der Waals surface area contributed by atoms with Gasteiger partial charge in [-0.2, -0.15) is 0 Å². The Balaban J connectivity index is 2.57. The van der Waals surface area contributed by atoms with E-state index >= 15 is 0 Å². The lowest BCUT2D eigenvalue weighted by atomic mass is 9.74. The first-order valence-electron chi connectivity index (χ1n) is 6.72. The number of aliphatic carboxylic acids is 1. The Hall–Kier alpha value is -1.36. The number of piperidine rings is 1. The minimum atomic E-state index is -0.795. The summed E-state index contributed by atoms with van der Waals surface area (Å²) in [7, 11) is 0. The molecule has 0 radical (unpaired) electrons. The summed E-state index contributed by atoms with van der Waals surface area (Å²) in [6.45, 7) is 9.20. The van der Waals surface area contributed by atoms with Gasteiger partial charge >= 0.3 is 5.97 Å². The molecule has 1 aliphatic rings. The third kappa shape index (κ3) is 4.06. The van der Waals surface area contributed by atoms with E-state index in [0.717, 1.165) is 19.4 Å². The molecule has 19 heavy (non-hydrogen) atoms. The average molecular weight is 268 g/mol. The molecule has 0 aromatic rings. The van der Waals surface area contributed by atoms with E-state index in [-0.39, 0.29) is 18.4 Å². The fourth-order valence-electron chi connectivity index (χ4n) is 2.36. The second-order valence-electron chi connectivity index (χ2n) is 5.63. The molecule has 0 spiro atoms. The quantitative estimate of drug-likeness (QED) is 0.559. The number of carbonyl (C=O) groups is 2. The number of amides is 1. The maximum Gasteiger partial charge on any atom is 0.309 e. The number of hydrogen-bond donors (Lipinski definition) is 2. The van der Waals surface area contributed by atoms with Crippen LogP contribution in [0, 0.1) is 11.3 Å². The van der Waals surface area contributed by atoms with Gasteiger partial charge in [0.15, 0.2) is 0 Å². The van der Waals surface area contributed by atoms with Gasteiger partial charge in [-0.25, -0.2) is 0 Å². The topological polar surface area (TPSA) is 69.6 Å². The Morgan fingerprint density at radius 3 is 2.79 bits per heavy atom. The summed E-state index contributed by atoms with van der Waals surface area (Å²) in [6.07, 6.45) is 3.44. The maximum atomic E-state index is 12.0. The van der Waals surface area contributed by atoms with Crippen molar-refractivity contribution in [3.63, 3.8) is 0 Å². The largest absolute Gasteiger partial charge is 0.481 e. The summed E-state index contributed by atoms with van der Waals surface area (Å²) in [4.78, 5) is 25.1. The van der Waals surface area contributed by atoms with Crippen LogP contribution in [-0.4, -0.2) is 48.1 Å². The van der Waals surface area contributed by atoms with Crippen LogP contribution in [0.25, 0.3) is 0 Å². The average Bonchev–Trinajstić information content (AvgIpc) is 2.39. The highest BCUT2D eigenvalue weighted by Crippen LogP contribution is 2.34. The van der Waals surface area contributed by atoms with Gasteiger partial charge in [0, 0.05) is 19.6 Å². The summed E-state index contributed by atoms with van der Waals surface area (Å²) in [5.41, 5.74) is -0.784. The van der Waals surface area contributed by atoms with Crippen LogP contribution in [0.1, 0.15) is 26.7 Å². The Labute approximate surface area is 114 Å². The van der Waals surface area contributed by atoms with Crippen molar-refractivity contribution in [3.05, 3.63) is 12.7 Å². The van der Waals surface area contributed by atoms with Crippen LogP contribution < -0.4 is 5.32 Å². The number of carbonyl (C=O) groups excluding carboxylic acids is 1. The van der Waals surface area contributed by atoms with Crippen LogP contribution in [0.3, 0.4) is 0 Å². The molecule has 1 unspecified atom stereocenters. The van der Waals surface area contributed by atoms with Crippen LogP contribution in [0.2, 0.25) is 0 Å². The van der Waals surface area contributed by atoms with Gasteiger partial charge in [-0.3, -0.25) is 9.59 Å². The molecule has 1 heterocycles. The summed E-state index contributed by atoms with van der Waals surface area (Å²) in [5, 5.41) is 12.2. The molecular formula is C14H24N2O3. The zero-order valence-corrected chi connectivity index (χ0v) is 11.8. The molecule has 108 valence electrons. The highest BCUT2D eigenvalue weighted by Gasteiger charge is 2.39. The van der Waals surface area contributed by atoms with Gasteiger partial charge in [0.25, 0.3) is 0 Å². The van der Waals surface area contributed by atoms with E-state index in [0.29, 0.717) is 13.1 Å². The molecule has 1 atom stereocenters. The molecule has 1 fully saturated rings. The molecule has 0 aromatic carbocycles. The normalized spacial score (nSPS) is 20.1. The molecule has 5 nitrogen and oxygen atoms in total. The molecule has 0 bridgehead atoms. The maximum absolute atomic E-state index is 12.0. The molecule has 1 saturated heterocycles. The van der Waals surface area contributed by atoms with Crippen molar-refractivity contribution in [2.24, 2.45) is 11.3 Å². The molecule has 1 amide bonds. The van der Waals surface area contributed by atoms with Gasteiger partial charge < -0.3 is 15.3 Å². The van der Waals surface area contributed by atoms with E-state index in [2.05, 4.69) is 11.9 Å². The summed E-state index contributed by atoms with van der Waals surface area (Å²) in [5.74, 6) is -0.744. The standard InChI is InChI=1S/C14H24N2O3/c1-4-7-15-9-12(17)16-8-5-6-11(10-16)14(2,3)13(18)19/h4,11,15H,1,5-10H2,2-3H3,(H,18,19). The molecule has 0 aliphatic carbocycles. The molecule has 0 aromatic heterocycles. The van der Waals surface area contributed by atoms with Gasteiger partial charge in [0.05, 0.1) is 12.0 Å². The molecule has 0 saturated carbocycles. The lowest BCUT2D eigenvalue weighted by molar-refractivity contribution is -0.153. The van der Waals surface area contributed by atoms with Crippen LogP contribution in [-0.2, 0) is 9.59 Å². The van der Waals surface area contributed by atoms with Crippen LogP contribution >= 0.6 is 0 Å². The Kier molecular flexibility index (Phi) is 5.54. The van der Waals surface area contributed by atoms with Crippen molar-refractivity contribution in [1.82, 2.24) is 10.2 Å². The monoisotopic (exact) mass is 268 g/mol. The van der Waals surface area contributed by atoms with Crippen molar-refractivity contribution in [2.75, 3.05) is 26.2 Å². The lowest BCUT2D eigenvalue weighted by Crippen LogP contribution is -2.48. The van der Waals surface area contributed by atoms with E-state index < -0.39 is 11.4 Å². The number of carboxylic acid groups (broad SMARTS) is 1. The van der Waals surface area contributed by atoms with Crippen molar-refractivity contribution in [1.29, 1.82) is 0 Å². The lowest BCUT2D eigenvalue weighted by Gasteiger charge is -2.39. The smallest absolute Gasteiger partial charge is 0.309 e. The minimum Gasteiger partial charge on any atom is -0.481 e. The van der Waals surface area contributed by atoms with Gasteiger partial charge in [-0.05, 0) is 32.6 Å². The zero-order chi connectivity index (χ0) is 14.5. The first kappa shape index (κ1) is 15.7. The van der Waals surface area contributed by atoms with E-state index in [9.17, 15) is 14.7 Å². The Morgan fingerprint density at radius 2 is 2.21 bits per heavy atom. The predicted molar refractivity (Wildman–Crippen MR) is 73.8 cm³/mol. The van der Waals surface area contributed by atoms with Crippen molar-refractivity contribution in [2.45, 2.75) is 26.7 Å². The fraction of sp³-hybridized carbons (Fsp3) is 0.714. The third-order valence-corrected chi connectivity index (χ3v) is 3.91. The number of rotatable bonds is 6. The summed E-state index contributed by atoms with van der Waals surface area (Å²) in [6, 6.07) is 0. The van der Waals surface area contributed by atoms with Gasteiger partial charge in [0.2, 0.25) is 5.91 Å². The van der Waals surface area contributed by atoms with Crippen LogP contribution in [0.5, 0.6) is 0 Å². The number of carboxylic acids is 1.